The van der Waals surface area contributed by atoms with Gasteiger partial charge in [-0.1, -0.05) is 42.1 Å². The van der Waals surface area contributed by atoms with Crippen LogP contribution in [0, 0.1) is 0 Å². The van der Waals surface area contributed by atoms with Crippen LogP contribution in [0.4, 0.5) is 0 Å². The van der Waals surface area contributed by atoms with Crippen molar-refractivity contribution in [1.29, 1.82) is 0 Å². The summed E-state index contributed by atoms with van der Waals surface area (Å²) in [5, 5.41) is 16.2. The average Bonchev–Trinajstić information content (AvgIpc) is 3.19. The van der Waals surface area contributed by atoms with Crippen LogP contribution in [0.3, 0.4) is 0 Å². The van der Waals surface area contributed by atoms with Crippen molar-refractivity contribution in [3.63, 3.8) is 0 Å². The van der Waals surface area contributed by atoms with Crippen molar-refractivity contribution in [2.45, 2.75) is 18.1 Å². The Morgan fingerprint density at radius 3 is 2.61 bits per heavy atom. The van der Waals surface area contributed by atoms with Gasteiger partial charge in [0.2, 0.25) is 5.16 Å². The molecule has 1 aromatic heterocycles. The Bertz CT molecular complexity index is 847. The van der Waals surface area contributed by atoms with E-state index < -0.39 is 0 Å². The third-order valence-electron chi connectivity index (χ3n) is 3.97. The minimum Gasteiger partial charge on any atom is -1.00 e. The van der Waals surface area contributed by atoms with Crippen LogP contribution < -0.4 is 27.2 Å². The highest BCUT2D eigenvalue weighted by molar-refractivity contribution is 7.99. The number of para-hydroxylation sites is 2. The molecule has 1 heterocycles. The maximum Gasteiger partial charge on any atom is 0.214 e. The van der Waals surface area contributed by atoms with E-state index in [0.717, 1.165) is 53.2 Å². The van der Waals surface area contributed by atoms with E-state index in [1.54, 1.807) is 30.7 Å². The number of hydrogen-bond acceptors (Lipinski definition) is 7. The summed E-state index contributed by atoms with van der Waals surface area (Å²) in [6, 6.07) is 15.8. The highest BCUT2D eigenvalue weighted by Gasteiger charge is 2.10. The summed E-state index contributed by atoms with van der Waals surface area (Å²) >= 11 is 1.65. The first-order valence-corrected chi connectivity index (χ1v) is 9.69. The van der Waals surface area contributed by atoms with E-state index in [4.69, 9.17) is 9.47 Å². The fourth-order valence-corrected chi connectivity index (χ4v) is 3.51. The highest BCUT2D eigenvalue weighted by atomic mass is 35.5. The van der Waals surface area contributed by atoms with Crippen molar-refractivity contribution in [1.82, 2.24) is 25.5 Å². The summed E-state index contributed by atoms with van der Waals surface area (Å²) in [5.41, 5.74) is 2.05. The van der Waals surface area contributed by atoms with Gasteiger partial charge in [0.25, 0.3) is 0 Å². The van der Waals surface area contributed by atoms with Crippen LogP contribution in [0.2, 0.25) is 0 Å². The number of nitrogens with one attached hydrogen (secondary N) is 1. The molecule has 28 heavy (non-hydrogen) atoms. The van der Waals surface area contributed by atoms with Crippen LogP contribution in [0.15, 0.2) is 53.7 Å². The SMILES string of the molecule is COc1cccc(CNCCCSc2nnnn2-c2ccccc2)c1OC.[Cl-]. The molecule has 3 rings (SSSR count). The minimum absolute atomic E-state index is 0. The molecule has 3 aromatic rings. The van der Waals surface area contributed by atoms with Crippen LogP contribution in [0.5, 0.6) is 11.5 Å². The van der Waals surface area contributed by atoms with Crippen molar-refractivity contribution >= 4 is 11.8 Å². The molecule has 1 N–H and O–H groups in total. The fraction of sp³-hybridized carbons (Fsp3) is 0.316. The van der Waals surface area contributed by atoms with E-state index >= 15 is 0 Å². The van der Waals surface area contributed by atoms with E-state index in [0.29, 0.717) is 0 Å². The zero-order valence-corrected chi connectivity index (χ0v) is 17.4. The number of thioether (sulfide) groups is 1. The Balaban J connectivity index is 0.00000280. The van der Waals surface area contributed by atoms with E-state index in [1.165, 1.54) is 0 Å². The van der Waals surface area contributed by atoms with Gasteiger partial charge in [0.1, 0.15) is 0 Å². The van der Waals surface area contributed by atoms with Crippen LogP contribution in [-0.4, -0.2) is 46.7 Å². The molecule has 0 spiro atoms. The molecule has 0 radical (unpaired) electrons. The van der Waals surface area contributed by atoms with E-state index in [2.05, 4.69) is 20.8 Å². The molecule has 0 bridgehead atoms. The lowest BCUT2D eigenvalue weighted by atomic mass is 10.2. The average molecular weight is 421 g/mol. The predicted molar refractivity (Wildman–Crippen MR) is 106 cm³/mol. The lowest BCUT2D eigenvalue weighted by Crippen LogP contribution is -3.00. The first kappa shape index (κ1) is 22.0. The van der Waals surface area contributed by atoms with Crippen LogP contribution >= 0.6 is 11.8 Å². The highest BCUT2D eigenvalue weighted by Crippen LogP contribution is 2.30. The number of ether oxygens (including phenoxy) is 2. The number of methoxy groups -OCH3 is 2. The van der Waals surface area contributed by atoms with Gasteiger partial charge in [-0.2, -0.15) is 4.68 Å². The zero-order chi connectivity index (χ0) is 18.9. The third kappa shape index (κ3) is 5.60. The van der Waals surface area contributed by atoms with E-state index in [9.17, 15) is 0 Å². The Hall–Kier alpha value is -2.29. The molecule has 0 aliphatic heterocycles. The Kier molecular flexibility index (Phi) is 9.06. The topological polar surface area (TPSA) is 74.1 Å². The van der Waals surface area contributed by atoms with Gasteiger partial charge in [-0.25, -0.2) is 0 Å². The van der Waals surface area contributed by atoms with Crippen LogP contribution in [0.1, 0.15) is 12.0 Å². The second kappa shape index (κ2) is 11.5. The molecule has 2 aromatic carbocycles. The van der Waals surface area contributed by atoms with Gasteiger partial charge in [-0.15, -0.1) is 5.10 Å². The largest absolute Gasteiger partial charge is 1.00 e. The van der Waals surface area contributed by atoms with Gasteiger partial charge in [0, 0.05) is 17.9 Å². The molecule has 0 amide bonds. The maximum atomic E-state index is 5.46. The van der Waals surface area contributed by atoms with Crippen molar-refractivity contribution in [3.8, 4) is 17.2 Å². The Morgan fingerprint density at radius 2 is 1.86 bits per heavy atom. The summed E-state index contributed by atoms with van der Waals surface area (Å²) < 4.78 is 12.6. The predicted octanol–water partition coefficient (Wildman–Crippen LogP) is -0.0445. The minimum atomic E-state index is 0. The van der Waals surface area contributed by atoms with Gasteiger partial charge < -0.3 is 27.2 Å². The number of tetrazole rings is 1. The number of halogens is 1. The molecule has 9 heteroatoms. The van der Waals surface area contributed by atoms with Gasteiger partial charge in [0.05, 0.1) is 19.9 Å². The molecule has 150 valence electrons. The van der Waals surface area contributed by atoms with Gasteiger partial charge in [0.15, 0.2) is 11.5 Å². The van der Waals surface area contributed by atoms with Crippen molar-refractivity contribution in [3.05, 3.63) is 54.1 Å². The second-order valence-corrected chi connectivity index (χ2v) is 6.80. The molecule has 0 atom stereocenters. The molecule has 7 nitrogen and oxygen atoms in total. The lowest BCUT2D eigenvalue weighted by Gasteiger charge is -2.13. The lowest BCUT2D eigenvalue weighted by molar-refractivity contribution is -0.00000612. The number of nitrogens with zero attached hydrogens (tertiary/aromatic N) is 4. The number of aromatic nitrogens is 4. The number of hydrogen-bond donors (Lipinski definition) is 1. The van der Waals surface area contributed by atoms with Crippen molar-refractivity contribution in [2.75, 3.05) is 26.5 Å². The molecule has 0 fully saturated rings. The normalized spacial score (nSPS) is 10.4. The monoisotopic (exact) mass is 420 g/mol. The second-order valence-electron chi connectivity index (χ2n) is 5.74. The Morgan fingerprint density at radius 1 is 1.04 bits per heavy atom. The quantitative estimate of drug-likeness (QED) is 0.364. The molecule has 0 aliphatic carbocycles. The smallest absolute Gasteiger partial charge is 0.214 e. The van der Waals surface area contributed by atoms with E-state index in [-0.39, 0.29) is 12.4 Å². The van der Waals surface area contributed by atoms with Crippen molar-refractivity contribution in [2.24, 2.45) is 0 Å². The van der Waals surface area contributed by atoms with E-state index in [1.807, 2.05) is 48.5 Å². The summed E-state index contributed by atoms with van der Waals surface area (Å²) in [6.07, 6.45) is 0.999. The third-order valence-corrected chi connectivity index (χ3v) is 4.98. The van der Waals surface area contributed by atoms with Crippen LogP contribution in [-0.2, 0) is 6.54 Å². The maximum absolute atomic E-state index is 5.46. The molecular weight excluding hydrogens is 398 g/mol. The summed E-state index contributed by atoms with van der Waals surface area (Å²) in [4.78, 5) is 0. The number of benzene rings is 2. The summed E-state index contributed by atoms with van der Waals surface area (Å²) in [5.74, 6) is 2.46. The fourth-order valence-electron chi connectivity index (χ4n) is 2.68. The van der Waals surface area contributed by atoms with Crippen molar-refractivity contribution < 1.29 is 21.9 Å². The molecule has 0 saturated heterocycles. The zero-order valence-electron chi connectivity index (χ0n) is 15.8. The molecule has 0 aliphatic rings. The van der Waals surface area contributed by atoms with Gasteiger partial charge in [-0.3, -0.25) is 0 Å². The molecule has 0 unspecified atom stereocenters. The summed E-state index contributed by atoms with van der Waals surface area (Å²) in [6.45, 7) is 1.62. The Labute approximate surface area is 175 Å². The first-order valence-electron chi connectivity index (χ1n) is 8.70. The first-order chi connectivity index (χ1) is 13.3. The number of rotatable bonds is 10. The summed E-state index contributed by atoms with van der Waals surface area (Å²) in [7, 11) is 3.31. The molecular formula is C19H23ClN5O2S-. The molecule has 0 saturated carbocycles. The van der Waals surface area contributed by atoms with Gasteiger partial charge >= 0.3 is 0 Å². The van der Waals surface area contributed by atoms with Crippen LogP contribution in [0.25, 0.3) is 5.69 Å². The standard InChI is InChI=1S/C19H23N5O2S.ClH/c1-25-17-11-6-8-15(18(17)26-2)14-20-12-7-13-27-19-21-22-23-24(19)16-9-4-3-5-10-16;/h3-6,8-11,20H,7,12-14H2,1-2H3;1H/p-1. The van der Waals surface area contributed by atoms with Gasteiger partial charge in [-0.05, 0) is 41.6 Å².